The third-order valence-corrected chi connectivity index (χ3v) is 8.74. The SMILES string of the molecule is Cc1cc(C)c(S(=O)(=O)N(Cc2cccc(O)c2)c2ccc(CCCN3CCOCC3)cc2)c(C)c1. The van der Waals surface area contributed by atoms with E-state index in [1.165, 1.54) is 9.87 Å². The van der Waals surface area contributed by atoms with Gasteiger partial charge in [-0.2, -0.15) is 0 Å². The number of aromatic hydroxyl groups is 1. The van der Waals surface area contributed by atoms with Crippen molar-refractivity contribution in [3.8, 4) is 5.75 Å². The highest BCUT2D eigenvalue weighted by molar-refractivity contribution is 7.92. The van der Waals surface area contributed by atoms with Crippen LogP contribution in [-0.4, -0.2) is 51.3 Å². The molecule has 1 saturated heterocycles. The Hall–Kier alpha value is -2.87. The minimum atomic E-state index is -3.85. The molecule has 1 heterocycles. The molecule has 7 heteroatoms. The highest BCUT2D eigenvalue weighted by Gasteiger charge is 2.29. The number of morpholine rings is 1. The first kappa shape index (κ1) is 26.2. The van der Waals surface area contributed by atoms with E-state index < -0.39 is 10.0 Å². The van der Waals surface area contributed by atoms with Crippen LogP contribution in [0.3, 0.4) is 0 Å². The van der Waals surface area contributed by atoms with Crippen LogP contribution >= 0.6 is 0 Å². The zero-order valence-electron chi connectivity index (χ0n) is 21.4. The molecule has 0 bridgehead atoms. The molecule has 1 N–H and O–H groups in total. The largest absolute Gasteiger partial charge is 0.508 e. The zero-order chi connectivity index (χ0) is 25.7. The summed E-state index contributed by atoms with van der Waals surface area (Å²) in [5, 5.41) is 9.97. The summed E-state index contributed by atoms with van der Waals surface area (Å²) in [6, 6.07) is 18.4. The number of nitrogens with zero attached hydrogens (tertiary/aromatic N) is 2. The van der Waals surface area contributed by atoms with Gasteiger partial charge in [0.15, 0.2) is 0 Å². The molecule has 4 rings (SSSR count). The van der Waals surface area contributed by atoms with Crippen molar-refractivity contribution in [2.75, 3.05) is 37.2 Å². The third kappa shape index (κ3) is 6.27. The van der Waals surface area contributed by atoms with Gasteiger partial charge in [0.05, 0.1) is 30.3 Å². The van der Waals surface area contributed by atoms with Crippen molar-refractivity contribution in [2.24, 2.45) is 0 Å². The fourth-order valence-corrected chi connectivity index (χ4v) is 6.85. The fraction of sp³-hybridized carbons (Fsp3) is 0.379. The molecule has 0 aliphatic carbocycles. The summed E-state index contributed by atoms with van der Waals surface area (Å²) >= 11 is 0. The quantitative estimate of drug-likeness (QED) is 0.442. The van der Waals surface area contributed by atoms with E-state index >= 15 is 0 Å². The van der Waals surface area contributed by atoms with Crippen molar-refractivity contribution >= 4 is 15.7 Å². The molecule has 1 aliphatic heterocycles. The molecule has 0 atom stereocenters. The fourth-order valence-electron chi connectivity index (χ4n) is 4.98. The Kier molecular flexibility index (Phi) is 8.34. The number of aryl methyl sites for hydroxylation is 4. The molecule has 0 amide bonds. The number of anilines is 1. The molecule has 3 aromatic carbocycles. The first-order valence-corrected chi connectivity index (χ1v) is 14.0. The number of rotatable bonds is 9. The van der Waals surface area contributed by atoms with E-state index in [2.05, 4.69) is 4.90 Å². The number of phenols is 1. The van der Waals surface area contributed by atoms with Gasteiger partial charge in [-0.25, -0.2) is 8.42 Å². The van der Waals surface area contributed by atoms with Gasteiger partial charge in [-0.3, -0.25) is 9.21 Å². The molecule has 192 valence electrons. The van der Waals surface area contributed by atoms with Gasteiger partial charge in [-0.05, 0) is 86.7 Å². The first-order valence-electron chi connectivity index (χ1n) is 12.5. The molecule has 6 nitrogen and oxygen atoms in total. The second-order valence-corrected chi connectivity index (χ2v) is 11.4. The van der Waals surface area contributed by atoms with Crippen LogP contribution in [0.2, 0.25) is 0 Å². The highest BCUT2D eigenvalue weighted by Crippen LogP contribution is 2.31. The average molecular weight is 509 g/mol. The summed E-state index contributed by atoms with van der Waals surface area (Å²) in [5.74, 6) is 0.114. The van der Waals surface area contributed by atoms with Gasteiger partial charge in [0.1, 0.15) is 5.75 Å². The van der Waals surface area contributed by atoms with Crippen molar-refractivity contribution in [1.29, 1.82) is 0 Å². The Morgan fingerprint density at radius 1 is 0.917 bits per heavy atom. The van der Waals surface area contributed by atoms with Crippen molar-refractivity contribution in [3.63, 3.8) is 0 Å². The Morgan fingerprint density at radius 2 is 1.58 bits per heavy atom. The number of hydrogen-bond donors (Lipinski definition) is 1. The summed E-state index contributed by atoms with van der Waals surface area (Å²) < 4.78 is 35.0. The van der Waals surface area contributed by atoms with Gasteiger partial charge in [-0.15, -0.1) is 0 Å². The van der Waals surface area contributed by atoms with Crippen LogP contribution < -0.4 is 4.31 Å². The molecule has 1 aliphatic rings. The van der Waals surface area contributed by atoms with Gasteiger partial charge in [0, 0.05) is 13.1 Å². The molecule has 36 heavy (non-hydrogen) atoms. The van der Waals surface area contributed by atoms with Gasteiger partial charge < -0.3 is 9.84 Å². The van der Waals surface area contributed by atoms with Crippen molar-refractivity contribution in [3.05, 3.63) is 88.5 Å². The number of benzene rings is 3. The van der Waals surface area contributed by atoms with Crippen LogP contribution in [0.1, 0.15) is 34.2 Å². The standard InChI is InChI=1S/C29H36N2O4S/c1-22-18-23(2)29(24(3)19-22)36(33,34)31(21-26-6-4-8-28(32)20-26)27-11-9-25(10-12-27)7-5-13-30-14-16-35-17-15-30/h4,6,8-12,18-20,32H,5,7,13-17,21H2,1-3H3. The molecule has 0 aromatic heterocycles. The van der Waals surface area contributed by atoms with Gasteiger partial charge in [0.25, 0.3) is 10.0 Å². The summed E-state index contributed by atoms with van der Waals surface area (Å²) in [6.45, 7) is 10.4. The van der Waals surface area contributed by atoms with E-state index in [4.69, 9.17) is 4.74 Å². The van der Waals surface area contributed by atoms with Gasteiger partial charge in [-0.1, -0.05) is 42.0 Å². The van der Waals surface area contributed by atoms with Crippen LogP contribution in [0.15, 0.2) is 65.6 Å². The van der Waals surface area contributed by atoms with E-state index in [0.29, 0.717) is 10.6 Å². The molecule has 0 radical (unpaired) electrons. The lowest BCUT2D eigenvalue weighted by Gasteiger charge is -2.27. The van der Waals surface area contributed by atoms with E-state index in [-0.39, 0.29) is 12.3 Å². The van der Waals surface area contributed by atoms with Gasteiger partial charge >= 0.3 is 0 Å². The lowest BCUT2D eigenvalue weighted by atomic mass is 10.1. The predicted molar refractivity (Wildman–Crippen MR) is 144 cm³/mol. The van der Waals surface area contributed by atoms with E-state index in [9.17, 15) is 13.5 Å². The molecular weight excluding hydrogens is 472 g/mol. The van der Waals surface area contributed by atoms with E-state index in [1.807, 2.05) is 63.2 Å². The first-order chi connectivity index (χ1) is 17.2. The lowest BCUT2D eigenvalue weighted by Crippen LogP contribution is -2.36. The molecule has 3 aromatic rings. The molecule has 1 fully saturated rings. The average Bonchev–Trinajstić information content (AvgIpc) is 2.83. The van der Waals surface area contributed by atoms with Gasteiger partial charge in [0.2, 0.25) is 0 Å². The number of hydrogen-bond acceptors (Lipinski definition) is 5. The maximum absolute atomic E-state index is 14.1. The van der Waals surface area contributed by atoms with Crippen LogP contribution in [-0.2, 0) is 27.7 Å². The summed E-state index contributed by atoms with van der Waals surface area (Å²) in [7, 11) is -3.85. The maximum Gasteiger partial charge on any atom is 0.265 e. The normalized spacial score (nSPS) is 14.6. The van der Waals surface area contributed by atoms with Crippen molar-refractivity contribution < 1.29 is 18.3 Å². The summed E-state index contributed by atoms with van der Waals surface area (Å²) in [5.41, 5.74) is 5.00. The van der Waals surface area contributed by atoms with Crippen molar-refractivity contribution in [1.82, 2.24) is 4.90 Å². The molecular formula is C29H36N2O4S. The second-order valence-electron chi connectivity index (χ2n) is 9.63. The summed E-state index contributed by atoms with van der Waals surface area (Å²) in [6.07, 6.45) is 1.99. The summed E-state index contributed by atoms with van der Waals surface area (Å²) in [4.78, 5) is 2.76. The minimum absolute atomic E-state index is 0.114. The number of ether oxygens (including phenoxy) is 1. The maximum atomic E-state index is 14.1. The smallest absolute Gasteiger partial charge is 0.265 e. The highest BCUT2D eigenvalue weighted by atomic mass is 32.2. The Morgan fingerprint density at radius 3 is 2.22 bits per heavy atom. The third-order valence-electron chi connectivity index (χ3n) is 6.66. The van der Waals surface area contributed by atoms with Crippen LogP contribution in [0.5, 0.6) is 5.75 Å². The Labute approximate surface area is 215 Å². The van der Waals surface area contributed by atoms with Crippen LogP contribution in [0, 0.1) is 20.8 Å². The Bertz CT molecular complexity index is 1260. The predicted octanol–water partition coefficient (Wildman–Crippen LogP) is 4.98. The number of sulfonamides is 1. The van der Waals surface area contributed by atoms with Crippen LogP contribution in [0.25, 0.3) is 0 Å². The van der Waals surface area contributed by atoms with Crippen molar-refractivity contribution in [2.45, 2.75) is 45.1 Å². The van der Waals surface area contributed by atoms with E-state index in [0.717, 1.165) is 67.9 Å². The Balaban J connectivity index is 1.60. The van der Waals surface area contributed by atoms with E-state index in [1.54, 1.807) is 18.2 Å². The monoisotopic (exact) mass is 508 g/mol. The second kappa shape index (κ2) is 11.5. The zero-order valence-corrected chi connectivity index (χ0v) is 22.2. The minimum Gasteiger partial charge on any atom is -0.508 e. The van der Waals surface area contributed by atoms with Crippen LogP contribution in [0.4, 0.5) is 5.69 Å². The molecule has 0 spiro atoms. The number of phenolic OH excluding ortho intramolecular Hbond substituents is 1. The molecule has 0 saturated carbocycles. The topological polar surface area (TPSA) is 70.1 Å². The lowest BCUT2D eigenvalue weighted by molar-refractivity contribution is 0.0375. The molecule has 0 unspecified atom stereocenters.